The summed E-state index contributed by atoms with van der Waals surface area (Å²) < 4.78 is 5.77. The number of carbonyl (C=O) groups is 1. The number of H-pyrrole nitrogens is 1. The van der Waals surface area contributed by atoms with Crippen molar-refractivity contribution in [2.45, 2.75) is 19.4 Å². The molecule has 1 aromatic heterocycles. The predicted octanol–water partition coefficient (Wildman–Crippen LogP) is 2.80. The number of aryl methyl sites for hydroxylation is 1. The Hall–Kier alpha value is -3.35. The zero-order valence-electron chi connectivity index (χ0n) is 13.6. The molecular formula is C18H17N5O2. The van der Waals surface area contributed by atoms with Crippen molar-refractivity contribution in [1.82, 2.24) is 15.2 Å². The molecule has 7 nitrogen and oxygen atoms in total. The summed E-state index contributed by atoms with van der Waals surface area (Å²) in [6, 6.07) is 15.3. The van der Waals surface area contributed by atoms with E-state index in [-0.39, 0.29) is 5.91 Å². The molecule has 2 aromatic carbocycles. The summed E-state index contributed by atoms with van der Waals surface area (Å²) >= 11 is 0. The average Bonchev–Trinajstić information content (AvgIpc) is 3.05. The lowest BCUT2D eigenvalue weighted by atomic mass is 10.1. The summed E-state index contributed by atoms with van der Waals surface area (Å²) in [5.41, 5.74) is 2.77. The van der Waals surface area contributed by atoms with Crippen LogP contribution in [0.4, 0.5) is 17.3 Å². The molecule has 0 radical (unpaired) electrons. The number of fused-ring (bicyclic) bond motifs is 1. The lowest BCUT2D eigenvalue weighted by Gasteiger charge is -2.24. The van der Waals surface area contributed by atoms with Crippen molar-refractivity contribution in [2.75, 3.05) is 10.6 Å². The van der Waals surface area contributed by atoms with Crippen LogP contribution in [0, 0.1) is 6.92 Å². The van der Waals surface area contributed by atoms with Crippen LogP contribution in [0.1, 0.15) is 11.4 Å². The van der Waals surface area contributed by atoms with Gasteiger partial charge in [-0.2, -0.15) is 4.98 Å². The Balaban J connectivity index is 1.44. The summed E-state index contributed by atoms with van der Waals surface area (Å²) in [4.78, 5) is 16.6. The van der Waals surface area contributed by atoms with E-state index in [0.717, 1.165) is 5.69 Å². The van der Waals surface area contributed by atoms with E-state index in [4.69, 9.17) is 4.74 Å². The Morgan fingerprint density at radius 1 is 1.16 bits per heavy atom. The molecule has 1 atom stereocenters. The highest BCUT2D eigenvalue weighted by molar-refractivity contribution is 5.97. The third-order valence-electron chi connectivity index (χ3n) is 3.92. The minimum absolute atomic E-state index is 0.192. The molecule has 1 aliphatic heterocycles. The topological polar surface area (TPSA) is 91.9 Å². The molecule has 0 aliphatic carbocycles. The Bertz CT molecular complexity index is 904. The van der Waals surface area contributed by atoms with Gasteiger partial charge in [0.15, 0.2) is 6.10 Å². The fraction of sp³-hybridized carbons (Fsp3) is 0.167. The molecule has 0 fully saturated rings. The lowest BCUT2D eigenvalue weighted by molar-refractivity contribution is -0.123. The van der Waals surface area contributed by atoms with Crippen LogP contribution in [0.5, 0.6) is 5.75 Å². The Labute approximate surface area is 144 Å². The number of hydrogen-bond donors (Lipinski definition) is 3. The number of carbonyl (C=O) groups excluding carboxylic acids is 1. The van der Waals surface area contributed by atoms with E-state index in [2.05, 4.69) is 25.8 Å². The van der Waals surface area contributed by atoms with Gasteiger partial charge < -0.3 is 15.4 Å². The number of anilines is 3. The molecule has 0 bridgehead atoms. The second-order valence-corrected chi connectivity index (χ2v) is 5.89. The van der Waals surface area contributed by atoms with Crippen molar-refractivity contribution >= 4 is 23.2 Å². The average molecular weight is 335 g/mol. The predicted molar refractivity (Wildman–Crippen MR) is 94.0 cm³/mol. The molecule has 1 amide bonds. The third kappa shape index (κ3) is 3.30. The lowest BCUT2D eigenvalue weighted by Crippen LogP contribution is -2.38. The third-order valence-corrected chi connectivity index (χ3v) is 3.92. The quantitative estimate of drug-likeness (QED) is 0.682. The molecule has 0 saturated heterocycles. The van der Waals surface area contributed by atoms with E-state index >= 15 is 0 Å². The van der Waals surface area contributed by atoms with Crippen LogP contribution in [0.25, 0.3) is 0 Å². The smallest absolute Gasteiger partial charge is 0.266 e. The van der Waals surface area contributed by atoms with Gasteiger partial charge in [0.2, 0.25) is 5.95 Å². The van der Waals surface area contributed by atoms with Crippen molar-refractivity contribution in [2.24, 2.45) is 0 Å². The summed E-state index contributed by atoms with van der Waals surface area (Å²) in [6.45, 7) is 2.03. The molecule has 2 heterocycles. The van der Waals surface area contributed by atoms with Crippen molar-refractivity contribution in [3.63, 3.8) is 0 Å². The number of para-hydroxylation sites is 2. The molecule has 25 heavy (non-hydrogen) atoms. The maximum absolute atomic E-state index is 12.2. The van der Waals surface area contributed by atoms with E-state index in [0.29, 0.717) is 29.6 Å². The maximum Gasteiger partial charge on any atom is 0.266 e. The number of ether oxygens (including phenoxy) is 1. The van der Waals surface area contributed by atoms with E-state index in [1.807, 2.05) is 55.5 Å². The molecular weight excluding hydrogens is 318 g/mol. The van der Waals surface area contributed by atoms with Crippen LogP contribution in [-0.4, -0.2) is 27.2 Å². The molecule has 126 valence electrons. The summed E-state index contributed by atoms with van der Waals surface area (Å²) in [5.74, 6) is 1.50. The van der Waals surface area contributed by atoms with Gasteiger partial charge in [-0.1, -0.05) is 29.8 Å². The standard InChI is InChI=1S/C18H17N5O2/c1-11-6-8-12(9-7-11)19-18-21-16(22-23-18)10-15-17(24)20-13-4-2-3-5-14(13)25-15/h2-9,15H,10H2,1H3,(H,20,24)(H2,19,21,22,23). The van der Waals surface area contributed by atoms with Gasteiger partial charge in [-0.15, -0.1) is 5.10 Å². The molecule has 1 aliphatic rings. The van der Waals surface area contributed by atoms with Crippen LogP contribution in [0.2, 0.25) is 0 Å². The second kappa shape index (κ2) is 6.27. The van der Waals surface area contributed by atoms with Gasteiger partial charge in [-0.3, -0.25) is 9.89 Å². The van der Waals surface area contributed by atoms with Gasteiger partial charge in [0, 0.05) is 5.69 Å². The van der Waals surface area contributed by atoms with Gasteiger partial charge in [-0.05, 0) is 31.2 Å². The number of aromatic nitrogens is 3. The number of nitrogens with zero attached hydrogens (tertiary/aromatic N) is 2. The number of rotatable bonds is 4. The van der Waals surface area contributed by atoms with Gasteiger partial charge >= 0.3 is 0 Å². The first kappa shape index (κ1) is 15.2. The fourth-order valence-electron chi connectivity index (χ4n) is 2.61. The largest absolute Gasteiger partial charge is 0.478 e. The molecule has 3 N–H and O–H groups in total. The van der Waals surface area contributed by atoms with Gasteiger partial charge in [0.25, 0.3) is 5.91 Å². The van der Waals surface area contributed by atoms with Gasteiger partial charge in [-0.25, -0.2) is 0 Å². The first-order valence-corrected chi connectivity index (χ1v) is 7.99. The summed E-state index contributed by atoms with van der Waals surface area (Å²) in [7, 11) is 0. The van der Waals surface area contributed by atoms with Crippen LogP contribution >= 0.6 is 0 Å². The fourth-order valence-corrected chi connectivity index (χ4v) is 2.61. The normalized spacial score (nSPS) is 15.9. The zero-order chi connectivity index (χ0) is 17.2. The highest BCUT2D eigenvalue weighted by Crippen LogP contribution is 2.29. The molecule has 1 unspecified atom stereocenters. The van der Waals surface area contributed by atoms with E-state index < -0.39 is 6.10 Å². The highest BCUT2D eigenvalue weighted by atomic mass is 16.5. The molecule has 4 rings (SSSR count). The van der Waals surface area contributed by atoms with Crippen molar-refractivity contribution < 1.29 is 9.53 Å². The van der Waals surface area contributed by atoms with E-state index in [9.17, 15) is 4.79 Å². The van der Waals surface area contributed by atoms with Crippen LogP contribution < -0.4 is 15.4 Å². The number of benzene rings is 2. The van der Waals surface area contributed by atoms with Crippen molar-refractivity contribution in [1.29, 1.82) is 0 Å². The number of hydrogen-bond acceptors (Lipinski definition) is 5. The molecule has 0 spiro atoms. The minimum Gasteiger partial charge on any atom is -0.478 e. The van der Waals surface area contributed by atoms with Crippen LogP contribution in [0.3, 0.4) is 0 Å². The Morgan fingerprint density at radius 2 is 1.96 bits per heavy atom. The Kier molecular flexibility index (Phi) is 3.81. The number of aromatic amines is 1. The minimum atomic E-state index is -0.643. The summed E-state index contributed by atoms with van der Waals surface area (Å²) in [6.07, 6.45) is -0.335. The number of nitrogens with one attached hydrogen (secondary N) is 3. The SMILES string of the molecule is Cc1ccc(Nc2n[nH]c(CC3Oc4ccccc4NC3=O)n2)cc1. The summed E-state index contributed by atoms with van der Waals surface area (Å²) in [5, 5.41) is 12.9. The Morgan fingerprint density at radius 3 is 2.80 bits per heavy atom. The van der Waals surface area contributed by atoms with Crippen LogP contribution in [-0.2, 0) is 11.2 Å². The monoisotopic (exact) mass is 335 g/mol. The van der Waals surface area contributed by atoms with Crippen LogP contribution in [0.15, 0.2) is 48.5 Å². The van der Waals surface area contributed by atoms with Gasteiger partial charge in [0.1, 0.15) is 11.6 Å². The molecule has 7 heteroatoms. The van der Waals surface area contributed by atoms with E-state index in [1.54, 1.807) is 0 Å². The van der Waals surface area contributed by atoms with E-state index in [1.165, 1.54) is 5.56 Å². The highest BCUT2D eigenvalue weighted by Gasteiger charge is 2.28. The second-order valence-electron chi connectivity index (χ2n) is 5.89. The molecule has 0 saturated carbocycles. The first-order chi connectivity index (χ1) is 12.2. The van der Waals surface area contributed by atoms with Crippen molar-refractivity contribution in [3.8, 4) is 5.75 Å². The van der Waals surface area contributed by atoms with Gasteiger partial charge in [0.05, 0.1) is 12.1 Å². The number of amides is 1. The zero-order valence-corrected chi connectivity index (χ0v) is 13.6. The van der Waals surface area contributed by atoms with Crippen molar-refractivity contribution in [3.05, 3.63) is 59.9 Å². The molecule has 3 aromatic rings. The maximum atomic E-state index is 12.2. The first-order valence-electron chi connectivity index (χ1n) is 7.99.